The van der Waals surface area contributed by atoms with E-state index in [0.717, 1.165) is 16.7 Å². The molecule has 7 rings (SSSR count). The van der Waals surface area contributed by atoms with Crippen LogP contribution in [0, 0.1) is 0 Å². The first-order chi connectivity index (χ1) is 34.1. The monoisotopic (exact) mass is 987 g/mol. The minimum absolute atomic E-state index is 0.0404. The number of Topliss-reactive ketones (excluding diaryl/α,β-unsaturated/α-hetero) is 1. The standard InChI is InChI=1S/C47H48F3N9O12/c48-47(49,50)27-53-38-24-30(13-14-52-38)44-55-35(26-71-44)42(63)54-34-25-58(57-40(34)41(51)62)31-8-6-29(7-9-31)37(60)4-2-16-68-18-20-70-22-21-69-19-17-67-15-1-3-28-5-10-32-33(23-28)46(66)59(45(32)65)36-11-12-39(61)56-43(36)64/h5-10,13-14,23-26,36H,1-4,11-12,15-22,27H2,(H2,51,62)(H,52,53)(H,54,63)(H,56,61,64). The van der Waals surface area contributed by atoms with Gasteiger partial charge in [0, 0.05) is 43.4 Å². The number of nitrogens with one attached hydrogen (secondary N) is 3. The van der Waals surface area contributed by atoms with E-state index < -0.39 is 54.2 Å². The highest BCUT2D eigenvalue weighted by Gasteiger charge is 2.44. The topological polar surface area (TPSA) is 278 Å². The first-order valence-corrected chi connectivity index (χ1v) is 22.4. The number of carbonyl (C=O) groups excluding carboxylic acids is 7. The van der Waals surface area contributed by atoms with E-state index in [1.165, 1.54) is 29.2 Å². The Bertz CT molecular complexity index is 2760. The summed E-state index contributed by atoms with van der Waals surface area (Å²) in [5.74, 6) is -4.15. The molecule has 0 saturated carbocycles. The van der Waals surface area contributed by atoms with Gasteiger partial charge in [-0.05, 0) is 79.8 Å². The number of ketones is 1. The Morgan fingerprint density at radius 1 is 0.845 bits per heavy atom. The number of hydrogen-bond donors (Lipinski definition) is 4. The molecule has 5 aromatic rings. The van der Waals surface area contributed by atoms with E-state index in [1.807, 2.05) is 0 Å². The molecule has 2 aromatic carbocycles. The number of amides is 6. The number of aryl methyl sites for hydroxylation is 1. The SMILES string of the molecule is NC(=O)c1nn(-c2ccc(C(=O)CCCOCCOCCOCCOCCCc3ccc4c(c3)C(=O)N(C3CCC(=O)NC3=O)C4=O)cc2)cc1NC(=O)c1coc(-c2ccnc(NCC(F)(F)F)c2)n1. The Labute approximate surface area is 402 Å². The Balaban J connectivity index is 0.725. The number of aromatic nitrogens is 4. The third-order valence-electron chi connectivity index (χ3n) is 10.9. The summed E-state index contributed by atoms with van der Waals surface area (Å²) in [5.41, 5.74) is 7.50. The van der Waals surface area contributed by atoms with Crippen LogP contribution in [0.3, 0.4) is 0 Å². The van der Waals surface area contributed by atoms with Gasteiger partial charge in [-0.2, -0.15) is 18.3 Å². The molecule has 3 aromatic heterocycles. The number of carbonyl (C=O) groups is 7. The molecule has 21 nitrogen and oxygen atoms in total. The molecule has 1 fully saturated rings. The smallest absolute Gasteiger partial charge is 0.405 e. The first-order valence-electron chi connectivity index (χ1n) is 22.4. The predicted octanol–water partition coefficient (Wildman–Crippen LogP) is 4.31. The van der Waals surface area contributed by atoms with Gasteiger partial charge in [-0.1, -0.05) is 6.07 Å². The van der Waals surface area contributed by atoms with Gasteiger partial charge >= 0.3 is 6.18 Å². The van der Waals surface area contributed by atoms with E-state index in [0.29, 0.717) is 83.4 Å². The molecule has 0 bridgehead atoms. The van der Waals surface area contributed by atoms with Crippen LogP contribution in [0.5, 0.6) is 0 Å². The number of fused-ring (bicyclic) bond motifs is 1. The van der Waals surface area contributed by atoms with E-state index in [4.69, 9.17) is 29.1 Å². The third-order valence-corrected chi connectivity index (χ3v) is 10.9. The molecular weight excluding hydrogens is 940 g/mol. The lowest BCUT2D eigenvalue weighted by Gasteiger charge is -2.27. The molecule has 0 aliphatic carbocycles. The zero-order chi connectivity index (χ0) is 50.5. The van der Waals surface area contributed by atoms with Crippen molar-refractivity contribution < 1.29 is 70.1 Å². The van der Waals surface area contributed by atoms with Crippen molar-refractivity contribution in [3.05, 3.63) is 107 Å². The molecular formula is C47H48F3N9O12. The summed E-state index contributed by atoms with van der Waals surface area (Å²) < 4.78 is 66.8. The van der Waals surface area contributed by atoms with Crippen LogP contribution in [0.1, 0.15) is 89.7 Å². The summed E-state index contributed by atoms with van der Waals surface area (Å²) >= 11 is 0. The van der Waals surface area contributed by atoms with Gasteiger partial charge in [-0.25, -0.2) is 14.6 Å². The van der Waals surface area contributed by atoms with Crippen molar-refractivity contribution in [1.82, 2.24) is 30.0 Å². The van der Waals surface area contributed by atoms with Crippen molar-refractivity contribution in [2.45, 2.75) is 50.7 Å². The Morgan fingerprint density at radius 3 is 2.20 bits per heavy atom. The number of nitrogens with zero attached hydrogens (tertiary/aromatic N) is 5. The second kappa shape index (κ2) is 23.8. The van der Waals surface area contributed by atoms with E-state index in [2.05, 4.69) is 31.0 Å². The van der Waals surface area contributed by atoms with Crippen LogP contribution in [0.4, 0.5) is 24.7 Å². The van der Waals surface area contributed by atoms with Crippen molar-refractivity contribution in [3.63, 3.8) is 0 Å². The molecule has 5 N–H and O–H groups in total. The van der Waals surface area contributed by atoms with Gasteiger partial charge in [0.25, 0.3) is 23.6 Å². The van der Waals surface area contributed by atoms with Gasteiger partial charge in [0.2, 0.25) is 17.7 Å². The van der Waals surface area contributed by atoms with Gasteiger partial charge < -0.3 is 39.7 Å². The fraction of sp³-hybridized carbons (Fsp3) is 0.362. The maximum absolute atomic E-state index is 13.1. The second-order valence-electron chi connectivity index (χ2n) is 16.0. The first kappa shape index (κ1) is 51.2. The summed E-state index contributed by atoms with van der Waals surface area (Å²) in [6.45, 7) is 1.64. The largest absolute Gasteiger partial charge is 0.444 e. The highest BCUT2D eigenvalue weighted by molar-refractivity contribution is 6.23. The number of piperidine rings is 1. The number of benzene rings is 2. The van der Waals surface area contributed by atoms with E-state index in [-0.39, 0.29) is 70.5 Å². The number of primary amides is 1. The van der Waals surface area contributed by atoms with Gasteiger partial charge in [0.05, 0.1) is 68.3 Å². The number of anilines is 2. The predicted molar refractivity (Wildman–Crippen MR) is 243 cm³/mol. The number of pyridine rings is 1. The van der Waals surface area contributed by atoms with Crippen LogP contribution in [-0.2, 0) is 35.0 Å². The minimum Gasteiger partial charge on any atom is -0.444 e. The molecule has 1 saturated heterocycles. The minimum atomic E-state index is -4.46. The number of alkyl halides is 3. The molecule has 1 unspecified atom stereocenters. The molecule has 1 atom stereocenters. The average Bonchev–Trinajstić information content (AvgIpc) is 4.08. The fourth-order valence-electron chi connectivity index (χ4n) is 7.42. The van der Waals surface area contributed by atoms with Crippen molar-refractivity contribution >= 4 is 52.7 Å². The lowest BCUT2D eigenvalue weighted by atomic mass is 10.0. The molecule has 24 heteroatoms. The molecule has 5 heterocycles. The van der Waals surface area contributed by atoms with Crippen molar-refractivity contribution in [3.8, 4) is 17.1 Å². The van der Waals surface area contributed by atoms with E-state index in [9.17, 15) is 46.7 Å². The van der Waals surface area contributed by atoms with Crippen LogP contribution in [0.25, 0.3) is 17.1 Å². The van der Waals surface area contributed by atoms with Crippen molar-refractivity contribution in [1.29, 1.82) is 0 Å². The van der Waals surface area contributed by atoms with Crippen LogP contribution >= 0.6 is 0 Å². The van der Waals surface area contributed by atoms with Crippen LogP contribution in [0.15, 0.2) is 77.7 Å². The normalized spacial score (nSPS) is 14.7. The summed E-state index contributed by atoms with van der Waals surface area (Å²) in [6, 6.07) is 13.1. The van der Waals surface area contributed by atoms with Crippen molar-refractivity contribution in [2.75, 3.05) is 70.0 Å². The Morgan fingerprint density at radius 2 is 1.52 bits per heavy atom. The van der Waals surface area contributed by atoms with Crippen LogP contribution in [0.2, 0.25) is 0 Å². The van der Waals surface area contributed by atoms with Crippen LogP contribution < -0.4 is 21.7 Å². The highest BCUT2D eigenvalue weighted by Crippen LogP contribution is 2.29. The molecule has 374 valence electrons. The van der Waals surface area contributed by atoms with E-state index in [1.54, 1.807) is 42.5 Å². The van der Waals surface area contributed by atoms with Gasteiger partial charge in [0.15, 0.2) is 17.2 Å². The van der Waals surface area contributed by atoms with Gasteiger partial charge in [-0.15, -0.1) is 0 Å². The summed E-state index contributed by atoms with van der Waals surface area (Å²) in [6.07, 6.45) is 1.31. The number of nitrogens with two attached hydrogens (primary N) is 1. The fourth-order valence-corrected chi connectivity index (χ4v) is 7.42. The lowest BCUT2D eigenvalue weighted by molar-refractivity contribution is -0.136. The summed E-state index contributed by atoms with van der Waals surface area (Å²) in [4.78, 5) is 96.8. The number of rotatable bonds is 26. The maximum atomic E-state index is 13.1. The zero-order valence-electron chi connectivity index (χ0n) is 38.0. The molecule has 2 aliphatic heterocycles. The number of halogens is 3. The number of oxazole rings is 1. The number of hydrogen-bond acceptors (Lipinski definition) is 16. The summed E-state index contributed by atoms with van der Waals surface area (Å²) in [7, 11) is 0. The lowest BCUT2D eigenvalue weighted by Crippen LogP contribution is -2.54. The highest BCUT2D eigenvalue weighted by atomic mass is 19.4. The van der Waals surface area contributed by atoms with Crippen LogP contribution in [-0.4, -0.2) is 137 Å². The molecule has 6 amide bonds. The van der Waals surface area contributed by atoms with E-state index >= 15 is 0 Å². The van der Waals surface area contributed by atoms with Gasteiger partial charge in [0.1, 0.15) is 24.7 Å². The molecule has 2 aliphatic rings. The maximum Gasteiger partial charge on any atom is 0.405 e. The molecule has 0 spiro atoms. The Kier molecular flexibility index (Phi) is 17.1. The average molecular weight is 988 g/mol. The second-order valence-corrected chi connectivity index (χ2v) is 16.0. The zero-order valence-corrected chi connectivity index (χ0v) is 38.0. The number of ether oxygens (including phenoxy) is 4. The van der Waals surface area contributed by atoms with Gasteiger partial charge in [-0.3, -0.25) is 43.8 Å². The summed E-state index contributed by atoms with van der Waals surface area (Å²) in [5, 5.41) is 11.1. The van der Waals surface area contributed by atoms with Crippen molar-refractivity contribution in [2.24, 2.45) is 5.73 Å². The quantitative estimate of drug-likeness (QED) is 0.0341. The Hall–Kier alpha value is -7.67. The number of imide groups is 2. The third kappa shape index (κ3) is 13.8. The molecule has 0 radical (unpaired) electrons. The molecule has 71 heavy (non-hydrogen) atoms.